The molecule has 0 fully saturated rings. The summed E-state index contributed by atoms with van der Waals surface area (Å²) in [6.07, 6.45) is -2.72. The number of hydrogen-bond donors (Lipinski definition) is 2. The van der Waals surface area contributed by atoms with Gasteiger partial charge in [0.15, 0.2) is 0 Å². The third kappa shape index (κ3) is 3.47. The predicted molar refractivity (Wildman–Crippen MR) is 73.0 cm³/mol. The second-order valence-corrected chi connectivity index (χ2v) is 5.06. The zero-order chi connectivity index (χ0) is 16.3. The number of para-hydroxylation sites is 1. The highest BCUT2D eigenvalue weighted by atomic mass is 19.4. The number of carbonyl (C=O) groups is 2. The van der Waals surface area contributed by atoms with Gasteiger partial charge in [-0.2, -0.15) is 13.2 Å². The molecule has 2 rings (SSSR count). The fourth-order valence-corrected chi connectivity index (χ4v) is 2.55. The molecule has 1 amide bonds. The summed E-state index contributed by atoms with van der Waals surface area (Å²) in [4.78, 5) is 23.4. The van der Waals surface area contributed by atoms with Gasteiger partial charge in [0.25, 0.3) is 0 Å². The molecule has 1 aliphatic rings. The van der Waals surface area contributed by atoms with Crippen LogP contribution in [0.15, 0.2) is 42.5 Å². The first-order chi connectivity index (χ1) is 10.3. The summed E-state index contributed by atoms with van der Waals surface area (Å²) >= 11 is 0. The van der Waals surface area contributed by atoms with Crippen LogP contribution in [-0.4, -0.2) is 23.2 Å². The minimum atomic E-state index is -4.64. The van der Waals surface area contributed by atoms with E-state index in [1.165, 1.54) is 18.2 Å². The number of alkyl halides is 3. The number of amides is 1. The third-order valence-electron chi connectivity index (χ3n) is 3.60. The van der Waals surface area contributed by atoms with Crippen LogP contribution < -0.4 is 5.32 Å². The maximum absolute atomic E-state index is 13.1. The van der Waals surface area contributed by atoms with Crippen molar-refractivity contribution in [3.05, 3.63) is 42.5 Å². The monoisotopic (exact) mass is 313 g/mol. The number of benzene rings is 1. The lowest BCUT2D eigenvalue weighted by molar-refractivity contribution is -0.196. The number of hydrogen-bond acceptors (Lipinski definition) is 2. The van der Waals surface area contributed by atoms with Crippen LogP contribution >= 0.6 is 0 Å². The molecule has 0 spiro atoms. The number of aliphatic carboxylic acids is 1. The lowest BCUT2D eigenvalue weighted by atomic mass is 9.74. The maximum Gasteiger partial charge on any atom is 0.392 e. The largest absolute Gasteiger partial charge is 0.481 e. The number of carbonyl (C=O) groups excluding carboxylic acids is 1. The number of nitrogens with one attached hydrogen (secondary N) is 1. The summed E-state index contributed by atoms with van der Waals surface area (Å²) in [7, 11) is 0. The van der Waals surface area contributed by atoms with Crippen molar-refractivity contribution < 1.29 is 27.9 Å². The highest BCUT2D eigenvalue weighted by Crippen LogP contribution is 2.42. The first-order valence-corrected chi connectivity index (χ1v) is 6.63. The highest BCUT2D eigenvalue weighted by Gasteiger charge is 2.52. The number of rotatable bonds is 3. The molecule has 118 valence electrons. The Hall–Kier alpha value is -2.31. The van der Waals surface area contributed by atoms with Crippen LogP contribution in [0.4, 0.5) is 18.9 Å². The summed E-state index contributed by atoms with van der Waals surface area (Å²) < 4.78 is 39.4. The fourth-order valence-electron chi connectivity index (χ4n) is 2.55. The van der Waals surface area contributed by atoms with Crippen LogP contribution in [0.2, 0.25) is 0 Å². The van der Waals surface area contributed by atoms with E-state index in [0.29, 0.717) is 5.69 Å². The molecule has 2 N–H and O–H groups in total. The third-order valence-corrected chi connectivity index (χ3v) is 3.60. The van der Waals surface area contributed by atoms with Gasteiger partial charge < -0.3 is 10.4 Å². The average Bonchev–Trinajstić information content (AvgIpc) is 2.46. The van der Waals surface area contributed by atoms with Crippen molar-refractivity contribution in [2.24, 2.45) is 17.8 Å². The zero-order valence-electron chi connectivity index (χ0n) is 11.4. The maximum atomic E-state index is 13.1. The molecule has 0 saturated carbocycles. The van der Waals surface area contributed by atoms with E-state index in [1.54, 1.807) is 18.2 Å². The number of anilines is 1. The molecule has 1 aromatic carbocycles. The molecule has 0 aromatic heterocycles. The second-order valence-electron chi connectivity index (χ2n) is 5.06. The Labute approximate surface area is 124 Å². The van der Waals surface area contributed by atoms with Crippen LogP contribution in [0, 0.1) is 17.8 Å². The summed E-state index contributed by atoms with van der Waals surface area (Å²) in [6.45, 7) is 0. The van der Waals surface area contributed by atoms with Gasteiger partial charge >= 0.3 is 12.1 Å². The molecule has 1 aliphatic carbocycles. The Morgan fingerprint density at radius 2 is 1.82 bits per heavy atom. The van der Waals surface area contributed by atoms with Gasteiger partial charge in [-0.3, -0.25) is 9.59 Å². The summed E-state index contributed by atoms with van der Waals surface area (Å²) in [5.41, 5.74) is 0.326. The molecule has 0 saturated heterocycles. The normalized spacial score (nSPS) is 24.8. The number of allylic oxidation sites excluding steroid dienone is 1. The first kappa shape index (κ1) is 16.1. The predicted octanol–water partition coefficient (Wildman–Crippen LogP) is 3.08. The molecule has 0 radical (unpaired) electrons. The lowest BCUT2D eigenvalue weighted by Crippen LogP contribution is -2.45. The minimum absolute atomic E-state index is 0.326. The summed E-state index contributed by atoms with van der Waals surface area (Å²) in [6, 6.07) is 7.97. The van der Waals surface area contributed by atoms with Crippen molar-refractivity contribution in [3.63, 3.8) is 0 Å². The van der Waals surface area contributed by atoms with E-state index in [-0.39, 0.29) is 0 Å². The molecule has 4 nitrogen and oxygen atoms in total. The van der Waals surface area contributed by atoms with Crippen molar-refractivity contribution in [2.75, 3.05) is 5.32 Å². The Bertz CT molecular complexity index is 583. The average molecular weight is 313 g/mol. The molecular formula is C15H14F3NO3. The lowest BCUT2D eigenvalue weighted by Gasteiger charge is -2.33. The van der Waals surface area contributed by atoms with Crippen molar-refractivity contribution in [1.29, 1.82) is 0 Å². The molecular weight excluding hydrogens is 299 g/mol. The van der Waals surface area contributed by atoms with E-state index in [0.717, 1.165) is 6.08 Å². The number of halogens is 3. The van der Waals surface area contributed by atoms with Gasteiger partial charge in [0.1, 0.15) is 0 Å². The molecule has 22 heavy (non-hydrogen) atoms. The Morgan fingerprint density at radius 3 is 2.36 bits per heavy atom. The van der Waals surface area contributed by atoms with Crippen LogP contribution in [0.25, 0.3) is 0 Å². The van der Waals surface area contributed by atoms with Gasteiger partial charge in [0.2, 0.25) is 5.91 Å². The molecule has 0 aliphatic heterocycles. The Kier molecular flexibility index (Phi) is 4.54. The molecule has 0 bridgehead atoms. The summed E-state index contributed by atoms with van der Waals surface area (Å²) in [5.74, 6) is -7.59. The van der Waals surface area contributed by atoms with Crippen molar-refractivity contribution >= 4 is 17.6 Å². The Morgan fingerprint density at radius 1 is 1.18 bits per heavy atom. The van der Waals surface area contributed by atoms with Crippen LogP contribution in [0.5, 0.6) is 0 Å². The van der Waals surface area contributed by atoms with E-state index >= 15 is 0 Å². The second kappa shape index (κ2) is 6.21. The van der Waals surface area contributed by atoms with E-state index < -0.39 is 42.2 Å². The van der Waals surface area contributed by atoms with Gasteiger partial charge in [0.05, 0.1) is 17.8 Å². The quantitative estimate of drug-likeness (QED) is 0.843. The van der Waals surface area contributed by atoms with Crippen molar-refractivity contribution in [1.82, 2.24) is 0 Å². The van der Waals surface area contributed by atoms with E-state index in [2.05, 4.69) is 5.32 Å². The molecule has 0 heterocycles. The topological polar surface area (TPSA) is 66.4 Å². The SMILES string of the molecule is O=C(O)C1C=CCC(C(F)(F)F)C1C(=O)Nc1ccccc1. The summed E-state index contributed by atoms with van der Waals surface area (Å²) in [5, 5.41) is 11.5. The number of carboxylic acids is 1. The van der Waals surface area contributed by atoms with Gasteiger partial charge in [-0.05, 0) is 18.6 Å². The van der Waals surface area contributed by atoms with Crippen LogP contribution in [0.3, 0.4) is 0 Å². The molecule has 7 heteroatoms. The van der Waals surface area contributed by atoms with Crippen LogP contribution in [-0.2, 0) is 9.59 Å². The molecule has 3 atom stereocenters. The molecule has 3 unspecified atom stereocenters. The van der Waals surface area contributed by atoms with E-state index in [1.807, 2.05) is 0 Å². The molecule has 1 aromatic rings. The van der Waals surface area contributed by atoms with Crippen molar-refractivity contribution in [2.45, 2.75) is 12.6 Å². The van der Waals surface area contributed by atoms with Crippen molar-refractivity contribution in [3.8, 4) is 0 Å². The van der Waals surface area contributed by atoms with Gasteiger partial charge in [-0.15, -0.1) is 0 Å². The van der Waals surface area contributed by atoms with E-state index in [4.69, 9.17) is 5.11 Å². The van der Waals surface area contributed by atoms with Gasteiger partial charge in [-0.25, -0.2) is 0 Å². The van der Waals surface area contributed by atoms with Gasteiger partial charge in [-0.1, -0.05) is 30.4 Å². The van der Waals surface area contributed by atoms with Crippen LogP contribution in [0.1, 0.15) is 6.42 Å². The first-order valence-electron chi connectivity index (χ1n) is 6.63. The van der Waals surface area contributed by atoms with E-state index in [9.17, 15) is 22.8 Å². The smallest absolute Gasteiger partial charge is 0.392 e. The van der Waals surface area contributed by atoms with Gasteiger partial charge in [0, 0.05) is 5.69 Å². The highest BCUT2D eigenvalue weighted by molar-refractivity contribution is 5.96. The minimum Gasteiger partial charge on any atom is -0.481 e. The fraction of sp³-hybridized carbons (Fsp3) is 0.333. The standard InChI is InChI=1S/C15H14F3NO3/c16-15(17,18)11-8-4-7-10(14(21)22)12(11)13(20)19-9-5-2-1-3-6-9/h1-7,10-12H,8H2,(H,19,20)(H,21,22). The number of carboxylic acid groups (broad SMARTS) is 1. The zero-order valence-corrected chi connectivity index (χ0v) is 11.4. The Balaban J connectivity index is 2.29.